The van der Waals surface area contributed by atoms with Crippen LogP contribution < -0.4 is 10.2 Å². The Bertz CT molecular complexity index is 1750. The molecule has 0 aliphatic carbocycles. The fraction of sp³-hybridized carbons (Fsp3) is 0.528. The van der Waals surface area contributed by atoms with Gasteiger partial charge in [-0.3, -0.25) is 4.98 Å². The van der Waals surface area contributed by atoms with Gasteiger partial charge in [0.15, 0.2) is 5.65 Å². The van der Waals surface area contributed by atoms with Gasteiger partial charge in [-0.1, -0.05) is 75.7 Å². The molecule has 1 aromatic carbocycles. The minimum absolute atomic E-state index is 0.000533. The Balaban J connectivity index is 1.61. The fourth-order valence-electron chi connectivity index (χ4n) is 6.00. The molecule has 0 unspecified atom stereocenters. The predicted octanol–water partition coefficient (Wildman–Crippen LogP) is 6.90. The third-order valence-electron chi connectivity index (χ3n) is 8.98. The maximum Gasteiger partial charge on any atom is 0.165 e. The van der Waals surface area contributed by atoms with Gasteiger partial charge in [0.05, 0.1) is 29.1 Å². The SMILES string of the molecule is CNCc1c(C2CCS(=O)(=O)CC2)nc2c(-c3ccc(-c4ccccc4)nc3)cnn2c1N(COCC[Si](C)(C)C)COCC[Si](C)(C)C. The quantitative estimate of drug-likeness (QED) is 0.0750. The number of rotatable bonds is 16. The highest BCUT2D eigenvalue weighted by Gasteiger charge is 2.32. The maximum absolute atomic E-state index is 12.5. The molecule has 3 aromatic heterocycles. The zero-order valence-corrected chi connectivity index (χ0v) is 33.1. The number of sulfone groups is 1. The summed E-state index contributed by atoms with van der Waals surface area (Å²) in [5.74, 6) is 1.20. The van der Waals surface area contributed by atoms with Crippen LogP contribution in [0.1, 0.15) is 30.0 Å². The molecule has 0 atom stereocenters. The second-order valence-electron chi connectivity index (χ2n) is 15.6. The lowest BCUT2D eigenvalue weighted by Gasteiger charge is -2.31. The van der Waals surface area contributed by atoms with Crippen LogP contribution in [0.3, 0.4) is 0 Å². The summed E-state index contributed by atoms with van der Waals surface area (Å²) in [6, 6.07) is 16.4. The van der Waals surface area contributed by atoms with Gasteiger partial charge in [0.2, 0.25) is 0 Å². The molecular weight excluding hydrogens is 669 g/mol. The number of hydrogen-bond acceptors (Lipinski definition) is 9. The van der Waals surface area contributed by atoms with Crippen molar-refractivity contribution in [3.05, 3.63) is 66.1 Å². The van der Waals surface area contributed by atoms with Crippen molar-refractivity contribution < 1.29 is 17.9 Å². The Labute approximate surface area is 294 Å². The smallest absolute Gasteiger partial charge is 0.165 e. The average Bonchev–Trinajstić information content (AvgIpc) is 3.47. The monoisotopic (exact) mass is 722 g/mol. The van der Waals surface area contributed by atoms with Gasteiger partial charge in [0.25, 0.3) is 0 Å². The largest absolute Gasteiger partial charge is 0.361 e. The van der Waals surface area contributed by atoms with Crippen molar-refractivity contribution in [3.63, 3.8) is 0 Å². The maximum atomic E-state index is 12.5. The van der Waals surface area contributed by atoms with Crippen molar-refractivity contribution >= 4 is 37.5 Å². The van der Waals surface area contributed by atoms with Gasteiger partial charge in [-0.25, -0.2) is 13.4 Å². The number of nitrogens with zero attached hydrogens (tertiary/aromatic N) is 5. The second kappa shape index (κ2) is 15.9. The third-order valence-corrected chi connectivity index (χ3v) is 14.1. The van der Waals surface area contributed by atoms with Crippen LogP contribution in [0, 0.1) is 0 Å². The fourth-order valence-corrected chi connectivity index (χ4v) is 9.01. The summed E-state index contributed by atoms with van der Waals surface area (Å²) in [5.41, 5.74) is 6.35. The van der Waals surface area contributed by atoms with Crippen molar-refractivity contribution in [1.82, 2.24) is 24.9 Å². The van der Waals surface area contributed by atoms with Crippen molar-refractivity contribution in [2.45, 2.75) is 76.7 Å². The van der Waals surface area contributed by atoms with Crippen LogP contribution in [-0.2, 0) is 25.9 Å². The van der Waals surface area contributed by atoms with E-state index in [1.807, 2.05) is 48.2 Å². The highest BCUT2D eigenvalue weighted by Crippen LogP contribution is 2.37. The zero-order valence-electron chi connectivity index (χ0n) is 30.3. The van der Waals surface area contributed by atoms with Crippen LogP contribution >= 0.6 is 0 Å². The summed E-state index contributed by atoms with van der Waals surface area (Å²) in [6.45, 7) is 16.7. The van der Waals surface area contributed by atoms with E-state index in [2.05, 4.69) is 67.7 Å². The van der Waals surface area contributed by atoms with Crippen LogP contribution in [-0.4, -0.2) is 89.4 Å². The molecule has 13 heteroatoms. The minimum atomic E-state index is -3.05. The van der Waals surface area contributed by atoms with E-state index in [-0.39, 0.29) is 17.4 Å². The van der Waals surface area contributed by atoms with Gasteiger partial charge >= 0.3 is 0 Å². The van der Waals surface area contributed by atoms with Gasteiger partial charge in [-0.15, -0.1) is 0 Å². The molecule has 5 rings (SSSR count). The lowest BCUT2D eigenvalue weighted by Crippen LogP contribution is -2.35. The van der Waals surface area contributed by atoms with E-state index >= 15 is 0 Å². The molecule has 10 nitrogen and oxygen atoms in total. The Hall–Kier alpha value is -2.95. The Kier molecular flexibility index (Phi) is 12.1. The van der Waals surface area contributed by atoms with E-state index < -0.39 is 26.0 Å². The van der Waals surface area contributed by atoms with E-state index in [0.717, 1.165) is 51.5 Å². The number of pyridine rings is 1. The molecular formula is C36H54N6O4SSi2. The van der Waals surface area contributed by atoms with E-state index in [0.29, 0.717) is 51.7 Å². The van der Waals surface area contributed by atoms with Crippen LogP contribution in [0.2, 0.25) is 51.4 Å². The molecule has 1 fully saturated rings. The number of ether oxygens (including phenoxy) is 2. The normalized spacial score (nSPS) is 15.6. The topological polar surface area (TPSA) is 111 Å². The van der Waals surface area contributed by atoms with E-state index in [9.17, 15) is 8.42 Å². The Morgan fingerprint density at radius 1 is 0.878 bits per heavy atom. The number of anilines is 1. The van der Waals surface area contributed by atoms with Crippen LogP contribution in [0.15, 0.2) is 54.9 Å². The molecule has 0 saturated carbocycles. The highest BCUT2D eigenvalue weighted by atomic mass is 32.2. The van der Waals surface area contributed by atoms with Crippen molar-refractivity contribution in [1.29, 1.82) is 0 Å². The average molecular weight is 723 g/mol. The van der Waals surface area contributed by atoms with E-state index in [4.69, 9.17) is 24.5 Å². The summed E-state index contributed by atoms with van der Waals surface area (Å²) < 4.78 is 39.7. The predicted molar refractivity (Wildman–Crippen MR) is 205 cm³/mol. The number of benzene rings is 1. The highest BCUT2D eigenvalue weighted by molar-refractivity contribution is 7.91. The lowest BCUT2D eigenvalue weighted by molar-refractivity contribution is 0.0940. The van der Waals surface area contributed by atoms with Crippen LogP contribution in [0.4, 0.5) is 5.82 Å². The molecule has 49 heavy (non-hydrogen) atoms. The summed E-state index contributed by atoms with van der Waals surface area (Å²) >= 11 is 0. The molecule has 0 spiro atoms. The Morgan fingerprint density at radius 2 is 1.51 bits per heavy atom. The number of hydrogen-bond donors (Lipinski definition) is 1. The first-order chi connectivity index (χ1) is 23.2. The van der Waals surface area contributed by atoms with Crippen LogP contribution in [0.25, 0.3) is 28.0 Å². The number of aromatic nitrogens is 4. The first-order valence-electron chi connectivity index (χ1n) is 17.4. The van der Waals surface area contributed by atoms with E-state index in [1.54, 1.807) is 0 Å². The standard InChI is InChI=1S/C36H54N6O4SSi2/c1-37-24-32-34(29-15-19-47(43,44)20-16-29)40-35-31(30-13-14-33(38-23-30)28-11-9-8-10-12-28)25-39-42(35)36(32)41(26-45-17-21-48(2,3)4)27-46-18-22-49(5,6)7/h8-14,23,25,29,37H,15-22,24,26-27H2,1-7H3. The molecule has 1 N–H and O–H groups in total. The molecule has 0 bridgehead atoms. The second-order valence-corrected chi connectivity index (χ2v) is 29.1. The van der Waals surface area contributed by atoms with Gasteiger partial charge < -0.3 is 19.7 Å². The molecule has 4 aromatic rings. The summed E-state index contributed by atoms with van der Waals surface area (Å²) in [4.78, 5) is 12.3. The van der Waals surface area contributed by atoms with Crippen molar-refractivity contribution in [2.24, 2.45) is 0 Å². The molecule has 1 aliphatic rings. The lowest BCUT2D eigenvalue weighted by atomic mass is 9.94. The first-order valence-corrected chi connectivity index (χ1v) is 26.7. The Morgan fingerprint density at radius 3 is 2.06 bits per heavy atom. The molecule has 1 aliphatic heterocycles. The van der Waals surface area contributed by atoms with Crippen molar-refractivity contribution in [3.8, 4) is 22.4 Å². The van der Waals surface area contributed by atoms with Gasteiger partial charge in [-0.05, 0) is 38.0 Å². The van der Waals surface area contributed by atoms with Gasteiger partial charge in [0.1, 0.15) is 29.1 Å². The summed E-state index contributed by atoms with van der Waals surface area (Å²) in [7, 11) is -3.71. The first kappa shape index (κ1) is 37.3. The van der Waals surface area contributed by atoms with Crippen LogP contribution in [0.5, 0.6) is 0 Å². The summed E-state index contributed by atoms with van der Waals surface area (Å²) in [5, 5.41) is 8.32. The summed E-state index contributed by atoms with van der Waals surface area (Å²) in [6.07, 6.45) is 4.82. The van der Waals surface area contributed by atoms with Crippen molar-refractivity contribution in [2.75, 3.05) is 50.1 Å². The molecule has 266 valence electrons. The van der Waals surface area contributed by atoms with Gasteiger partial charge in [0, 0.05) is 70.3 Å². The number of nitrogens with one attached hydrogen (secondary N) is 1. The zero-order chi connectivity index (χ0) is 35.2. The third kappa shape index (κ3) is 10.1. The molecule has 4 heterocycles. The molecule has 1 saturated heterocycles. The minimum Gasteiger partial charge on any atom is -0.361 e. The van der Waals surface area contributed by atoms with E-state index in [1.165, 1.54) is 0 Å². The number of fused-ring (bicyclic) bond motifs is 1. The molecule has 0 radical (unpaired) electrons. The molecule has 0 amide bonds. The van der Waals surface area contributed by atoms with Gasteiger partial charge in [-0.2, -0.15) is 9.61 Å².